The summed E-state index contributed by atoms with van der Waals surface area (Å²) in [6.45, 7) is 0. The van der Waals surface area contributed by atoms with E-state index in [1.807, 2.05) is 18.2 Å². The van der Waals surface area contributed by atoms with Crippen LogP contribution in [-0.2, 0) is 0 Å². The molecule has 46 heavy (non-hydrogen) atoms. The average molecular weight is 591 g/mol. The molecule has 0 aliphatic heterocycles. The lowest BCUT2D eigenvalue weighted by Crippen LogP contribution is -2.10. The van der Waals surface area contributed by atoms with Crippen molar-refractivity contribution in [1.82, 2.24) is 0 Å². The fourth-order valence-electron chi connectivity index (χ4n) is 5.97. The van der Waals surface area contributed by atoms with Crippen LogP contribution >= 0.6 is 0 Å². The standard InChI is InChI=1S/C26H19N.C18H15N/c1-2-14-22(15-3-1)27(25-18-8-12-20-10-4-6-16-23(20)25)26-19-9-13-21-11-5-7-17-24(21)26;1-4-10-16(11-5-1)19(17-12-6-2-7-13-17)18-14-8-3-9-15-18/h1-19H;1-15H. The number of rotatable bonds is 6. The smallest absolute Gasteiger partial charge is 0.0540 e. The third-order valence-corrected chi connectivity index (χ3v) is 8.07. The van der Waals surface area contributed by atoms with Gasteiger partial charge in [0.15, 0.2) is 0 Å². The number of anilines is 6. The van der Waals surface area contributed by atoms with E-state index in [0.717, 1.165) is 5.69 Å². The maximum atomic E-state index is 2.37. The number of hydrogen-bond donors (Lipinski definition) is 0. The van der Waals surface area contributed by atoms with E-state index >= 15 is 0 Å². The van der Waals surface area contributed by atoms with Crippen LogP contribution in [-0.4, -0.2) is 0 Å². The molecule has 0 fully saturated rings. The molecule has 0 unspecified atom stereocenters. The number of hydrogen-bond acceptors (Lipinski definition) is 2. The van der Waals surface area contributed by atoms with Gasteiger partial charge in [-0.2, -0.15) is 0 Å². The maximum Gasteiger partial charge on any atom is 0.0540 e. The van der Waals surface area contributed by atoms with Crippen molar-refractivity contribution in [2.75, 3.05) is 9.80 Å². The van der Waals surface area contributed by atoms with Crippen molar-refractivity contribution in [3.63, 3.8) is 0 Å². The summed E-state index contributed by atoms with van der Waals surface area (Å²) in [5.41, 5.74) is 7.04. The second-order valence-corrected chi connectivity index (χ2v) is 11.0. The summed E-state index contributed by atoms with van der Waals surface area (Å²) in [5.74, 6) is 0. The molecule has 0 amide bonds. The Balaban J connectivity index is 0.000000157. The molecule has 0 bridgehead atoms. The molecule has 0 atom stereocenters. The summed E-state index contributed by atoms with van der Waals surface area (Å²) < 4.78 is 0. The first-order valence-corrected chi connectivity index (χ1v) is 15.6. The van der Waals surface area contributed by atoms with Gasteiger partial charge in [-0.3, -0.25) is 0 Å². The highest BCUT2D eigenvalue weighted by molar-refractivity contribution is 6.04. The Morgan fingerprint density at radius 2 is 0.500 bits per heavy atom. The van der Waals surface area contributed by atoms with Crippen LogP contribution in [0.25, 0.3) is 21.5 Å². The van der Waals surface area contributed by atoms with Crippen molar-refractivity contribution in [2.24, 2.45) is 0 Å². The van der Waals surface area contributed by atoms with Crippen LogP contribution in [0.1, 0.15) is 0 Å². The Morgan fingerprint density at radius 1 is 0.217 bits per heavy atom. The van der Waals surface area contributed by atoms with Crippen molar-refractivity contribution in [3.05, 3.63) is 206 Å². The number of fused-ring (bicyclic) bond motifs is 2. The monoisotopic (exact) mass is 590 g/mol. The lowest BCUT2D eigenvalue weighted by molar-refractivity contribution is 1.28. The van der Waals surface area contributed by atoms with Gasteiger partial charge in [0.1, 0.15) is 0 Å². The van der Waals surface area contributed by atoms with Gasteiger partial charge in [-0.05, 0) is 71.4 Å². The second-order valence-electron chi connectivity index (χ2n) is 11.0. The molecule has 0 aliphatic carbocycles. The van der Waals surface area contributed by atoms with Crippen LogP contribution in [0.15, 0.2) is 206 Å². The molecule has 8 aromatic rings. The zero-order valence-corrected chi connectivity index (χ0v) is 25.5. The summed E-state index contributed by atoms with van der Waals surface area (Å²) in [6, 6.07) is 72.0. The summed E-state index contributed by atoms with van der Waals surface area (Å²) >= 11 is 0. The van der Waals surface area contributed by atoms with Gasteiger partial charge in [-0.15, -0.1) is 0 Å². The first-order chi connectivity index (χ1) is 22.9. The molecule has 0 saturated heterocycles. The van der Waals surface area contributed by atoms with E-state index in [9.17, 15) is 0 Å². The second kappa shape index (κ2) is 13.7. The molecule has 0 aliphatic rings. The molecule has 220 valence electrons. The minimum atomic E-state index is 1.16. The summed E-state index contributed by atoms with van der Waals surface area (Å²) in [7, 11) is 0. The summed E-state index contributed by atoms with van der Waals surface area (Å²) in [6.07, 6.45) is 0. The quantitative estimate of drug-likeness (QED) is 0.190. The van der Waals surface area contributed by atoms with Gasteiger partial charge < -0.3 is 9.80 Å². The lowest BCUT2D eigenvalue weighted by Gasteiger charge is -2.28. The van der Waals surface area contributed by atoms with Gasteiger partial charge in [0.2, 0.25) is 0 Å². The molecule has 0 radical (unpaired) electrons. The van der Waals surface area contributed by atoms with E-state index in [1.165, 1.54) is 50.0 Å². The molecule has 8 rings (SSSR count). The highest BCUT2D eigenvalue weighted by atomic mass is 15.1. The number of benzene rings is 8. The van der Waals surface area contributed by atoms with E-state index in [4.69, 9.17) is 0 Å². The number of para-hydroxylation sites is 4. The fourth-order valence-corrected chi connectivity index (χ4v) is 5.97. The zero-order valence-electron chi connectivity index (χ0n) is 25.5. The first kappa shape index (κ1) is 28.6. The molecule has 0 N–H and O–H groups in total. The van der Waals surface area contributed by atoms with E-state index in [-0.39, 0.29) is 0 Å². The van der Waals surface area contributed by atoms with Gasteiger partial charge in [-0.25, -0.2) is 0 Å². The van der Waals surface area contributed by atoms with Crippen LogP contribution in [0.2, 0.25) is 0 Å². The predicted molar refractivity (Wildman–Crippen MR) is 197 cm³/mol. The Kier molecular flexibility index (Phi) is 8.51. The van der Waals surface area contributed by atoms with Gasteiger partial charge in [0, 0.05) is 33.5 Å². The van der Waals surface area contributed by atoms with Crippen molar-refractivity contribution >= 4 is 55.7 Å². The highest BCUT2D eigenvalue weighted by Crippen LogP contribution is 2.41. The van der Waals surface area contributed by atoms with Crippen molar-refractivity contribution in [2.45, 2.75) is 0 Å². The molecule has 0 saturated carbocycles. The van der Waals surface area contributed by atoms with Crippen LogP contribution in [0.4, 0.5) is 34.1 Å². The van der Waals surface area contributed by atoms with E-state index in [0.29, 0.717) is 0 Å². The Bertz CT molecular complexity index is 1960. The Labute approximate surface area is 271 Å². The van der Waals surface area contributed by atoms with Gasteiger partial charge >= 0.3 is 0 Å². The van der Waals surface area contributed by atoms with Crippen LogP contribution in [0.5, 0.6) is 0 Å². The van der Waals surface area contributed by atoms with E-state index in [2.05, 4.69) is 198 Å². The third-order valence-electron chi connectivity index (χ3n) is 8.07. The van der Waals surface area contributed by atoms with E-state index < -0.39 is 0 Å². The first-order valence-electron chi connectivity index (χ1n) is 15.6. The van der Waals surface area contributed by atoms with Crippen molar-refractivity contribution in [3.8, 4) is 0 Å². The molecular formula is C44H34N2. The topological polar surface area (TPSA) is 6.48 Å². The number of nitrogens with zero attached hydrogens (tertiary/aromatic N) is 2. The SMILES string of the molecule is c1ccc(N(c2cccc3ccccc23)c2cccc3ccccc23)cc1.c1ccc(N(c2ccccc2)c2ccccc2)cc1. The molecule has 8 aromatic carbocycles. The zero-order chi connectivity index (χ0) is 31.0. The molecule has 2 nitrogen and oxygen atoms in total. The van der Waals surface area contributed by atoms with Gasteiger partial charge in [0.05, 0.1) is 11.4 Å². The van der Waals surface area contributed by atoms with Crippen LogP contribution < -0.4 is 9.80 Å². The summed E-state index contributed by atoms with van der Waals surface area (Å²) in [5, 5.41) is 4.99. The Morgan fingerprint density at radius 3 is 0.870 bits per heavy atom. The normalized spacial score (nSPS) is 10.6. The fraction of sp³-hybridized carbons (Fsp3) is 0. The van der Waals surface area contributed by atoms with Crippen LogP contribution in [0.3, 0.4) is 0 Å². The Hall–Kier alpha value is -6.12. The third kappa shape index (κ3) is 6.10. The molecule has 0 aromatic heterocycles. The van der Waals surface area contributed by atoms with E-state index in [1.54, 1.807) is 0 Å². The van der Waals surface area contributed by atoms with Gasteiger partial charge in [-0.1, -0.05) is 146 Å². The predicted octanol–water partition coefficient (Wildman–Crippen LogP) is 12.6. The maximum absolute atomic E-state index is 2.37. The van der Waals surface area contributed by atoms with Crippen molar-refractivity contribution in [1.29, 1.82) is 0 Å². The molecular weight excluding hydrogens is 556 g/mol. The van der Waals surface area contributed by atoms with Crippen molar-refractivity contribution < 1.29 is 0 Å². The largest absolute Gasteiger partial charge is 0.311 e. The van der Waals surface area contributed by atoms with Crippen LogP contribution in [0, 0.1) is 0 Å². The minimum absolute atomic E-state index is 1.16. The summed E-state index contributed by atoms with van der Waals surface area (Å²) in [4.78, 5) is 4.62. The lowest BCUT2D eigenvalue weighted by atomic mass is 10.0. The average Bonchev–Trinajstić information content (AvgIpc) is 3.14. The molecule has 0 spiro atoms. The van der Waals surface area contributed by atoms with Gasteiger partial charge in [0.25, 0.3) is 0 Å². The molecule has 2 heteroatoms. The minimum Gasteiger partial charge on any atom is -0.311 e. The highest BCUT2D eigenvalue weighted by Gasteiger charge is 2.17. The molecule has 0 heterocycles.